The Morgan fingerprint density at radius 3 is 1.57 bits per heavy atom. The summed E-state index contributed by atoms with van der Waals surface area (Å²) in [5.41, 5.74) is 14.9. The summed E-state index contributed by atoms with van der Waals surface area (Å²) in [7, 11) is 0. The van der Waals surface area contributed by atoms with Gasteiger partial charge in [-0.15, -0.1) is 0 Å². The lowest BCUT2D eigenvalue weighted by Gasteiger charge is -2.28. The Labute approximate surface area is 312 Å². The van der Waals surface area contributed by atoms with Gasteiger partial charge in [0.25, 0.3) is 0 Å². The number of aromatic nitrogens is 3. The van der Waals surface area contributed by atoms with Crippen LogP contribution in [0.2, 0.25) is 0 Å². The standard InChI is InChI=1S/C50H32N4/c1-3-19-39-35(13-1)29-51-31-44(39)33-15-11-17-37(27-33)53-46-24-8-5-21-41(46)49-42-22-6-9-25-47(42)54(50(49)43-23-7-10-26-48(43)53)38-18-12-16-34(28-38)45-32-52-30-36-14-2-4-20-40(36)45/h1-32H. The third-order valence-electron chi connectivity index (χ3n) is 10.9. The van der Waals surface area contributed by atoms with Gasteiger partial charge in [0, 0.05) is 80.1 Å². The molecular formula is C50H32N4. The van der Waals surface area contributed by atoms with Crippen molar-refractivity contribution < 1.29 is 0 Å². The van der Waals surface area contributed by atoms with Crippen molar-refractivity contribution in [2.24, 2.45) is 0 Å². The smallest absolute Gasteiger partial charge is 0.0641 e. The Morgan fingerprint density at radius 2 is 0.889 bits per heavy atom. The maximum Gasteiger partial charge on any atom is 0.0641 e. The summed E-state index contributed by atoms with van der Waals surface area (Å²) in [6, 6.07) is 61.3. The first-order chi connectivity index (χ1) is 26.8. The highest BCUT2D eigenvalue weighted by Gasteiger charge is 2.31. The molecule has 1 aliphatic rings. The van der Waals surface area contributed by atoms with E-state index in [1.165, 1.54) is 38.5 Å². The van der Waals surface area contributed by atoms with Gasteiger partial charge in [0.15, 0.2) is 0 Å². The van der Waals surface area contributed by atoms with Crippen LogP contribution in [0.15, 0.2) is 195 Å². The maximum atomic E-state index is 4.63. The highest BCUT2D eigenvalue weighted by molar-refractivity contribution is 6.13. The van der Waals surface area contributed by atoms with Crippen LogP contribution in [-0.4, -0.2) is 14.5 Å². The molecule has 11 rings (SSSR count). The van der Waals surface area contributed by atoms with E-state index in [1.807, 2.05) is 24.8 Å². The lowest BCUT2D eigenvalue weighted by Crippen LogP contribution is -2.11. The van der Waals surface area contributed by atoms with Gasteiger partial charge in [0.1, 0.15) is 0 Å². The predicted molar refractivity (Wildman–Crippen MR) is 224 cm³/mol. The molecule has 0 atom stereocenters. The first kappa shape index (κ1) is 30.3. The zero-order valence-electron chi connectivity index (χ0n) is 29.3. The van der Waals surface area contributed by atoms with Crippen molar-refractivity contribution in [2.75, 3.05) is 4.90 Å². The van der Waals surface area contributed by atoms with Gasteiger partial charge in [-0.25, -0.2) is 0 Å². The quantitative estimate of drug-likeness (QED) is 0.185. The van der Waals surface area contributed by atoms with E-state index in [9.17, 15) is 0 Å². The van der Waals surface area contributed by atoms with E-state index in [2.05, 4.69) is 189 Å². The molecule has 252 valence electrons. The SMILES string of the molecule is c1cc(-c2cncc3ccccc23)cc(N2c3ccccc3-c3c(n(-c4cccc(-c5cncc6ccccc56)c4)c4ccccc34)-c3ccccc32)c1. The number of para-hydroxylation sites is 3. The van der Waals surface area contributed by atoms with E-state index in [1.54, 1.807) is 0 Å². The summed E-state index contributed by atoms with van der Waals surface area (Å²) in [5, 5.41) is 5.86. The van der Waals surface area contributed by atoms with Crippen molar-refractivity contribution in [1.29, 1.82) is 0 Å². The molecule has 0 aliphatic carbocycles. The third kappa shape index (κ3) is 4.64. The number of nitrogens with zero attached hydrogens (tertiary/aromatic N) is 4. The molecule has 0 radical (unpaired) electrons. The number of fused-ring (bicyclic) bond motifs is 9. The average molecular weight is 689 g/mol. The number of benzene rings is 7. The molecule has 0 bridgehead atoms. The molecule has 7 aromatic carbocycles. The zero-order chi connectivity index (χ0) is 35.6. The van der Waals surface area contributed by atoms with Gasteiger partial charge in [0.05, 0.1) is 22.6 Å². The van der Waals surface area contributed by atoms with Crippen LogP contribution in [0.5, 0.6) is 0 Å². The van der Waals surface area contributed by atoms with Crippen LogP contribution in [0.3, 0.4) is 0 Å². The highest BCUT2D eigenvalue weighted by atomic mass is 15.2. The van der Waals surface area contributed by atoms with Crippen LogP contribution in [0.4, 0.5) is 17.1 Å². The average Bonchev–Trinajstić information content (AvgIpc) is 3.52. The van der Waals surface area contributed by atoms with Crippen molar-refractivity contribution in [1.82, 2.24) is 14.5 Å². The molecule has 0 saturated carbocycles. The number of hydrogen-bond acceptors (Lipinski definition) is 3. The Kier molecular flexibility index (Phi) is 6.82. The first-order valence-corrected chi connectivity index (χ1v) is 18.3. The Balaban J connectivity index is 1.17. The van der Waals surface area contributed by atoms with E-state index in [0.717, 1.165) is 61.3 Å². The Hall–Kier alpha value is -7.30. The minimum Gasteiger partial charge on any atom is -0.309 e. The van der Waals surface area contributed by atoms with Gasteiger partial charge in [-0.1, -0.05) is 127 Å². The van der Waals surface area contributed by atoms with Crippen molar-refractivity contribution in [2.45, 2.75) is 0 Å². The second-order valence-corrected chi connectivity index (χ2v) is 13.9. The molecule has 4 nitrogen and oxygen atoms in total. The fourth-order valence-electron chi connectivity index (χ4n) is 8.51. The monoisotopic (exact) mass is 688 g/mol. The predicted octanol–water partition coefficient (Wildman–Crippen LogP) is 13.2. The van der Waals surface area contributed by atoms with Crippen molar-refractivity contribution >= 4 is 49.5 Å². The molecule has 0 unspecified atom stereocenters. The molecule has 0 saturated heterocycles. The molecular weight excluding hydrogens is 657 g/mol. The Bertz CT molecular complexity index is 3070. The molecule has 3 aromatic heterocycles. The van der Waals surface area contributed by atoms with E-state index in [0.29, 0.717) is 0 Å². The molecule has 1 aliphatic heterocycles. The van der Waals surface area contributed by atoms with Gasteiger partial charge in [-0.3, -0.25) is 9.97 Å². The van der Waals surface area contributed by atoms with Crippen LogP contribution in [0.1, 0.15) is 0 Å². The summed E-state index contributed by atoms with van der Waals surface area (Å²) in [6.07, 6.45) is 7.85. The lowest BCUT2D eigenvalue weighted by atomic mass is 9.98. The summed E-state index contributed by atoms with van der Waals surface area (Å²) < 4.78 is 2.46. The van der Waals surface area contributed by atoms with Crippen LogP contribution < -0.4 is 4.90 Å². The van der Waals surface area contributed by atoms with Gasteiger partial charge in [-0.05, 0) is 64.4 Å². The minimum absolute atomic E-state index is 1.09. The molecule has 4 heteroatoms. The van der Waals surface area contributed by atoms with E-state index in [4.69, 9.17) is 0 Å². The van der Waals surface area contributed by atoms with Crippen molar-refractivity contribution in [3.63, 3.8) is 0 Å². The third-order valence-corrected chi connectivity index (χ3v) is 10.9. The van der Waals surface area contributed by atoms with Crippen molar-refractivity contribution in [3.05, 3.63) is 195 Å². The fourth-order valence-corrected chi connectivity index (χ4v) is 8.51. The maximum absolute atomic E-state index is 4.63. The number of hydrogen-bond donors (Lipinski definition) is 0. The summed E-state index contributed by atoms with van der Waals surface area (Å²) in [5.74, 6) is 0. The van der Waals surface area contributed by atoms with Crippen LogP contribution >= 0.6 is 0 Å². The van der Waals surface area contributed by atoms with E-state index >= 15 is 0 Å². The first-order valence-electron chi connectivity index (χ1n) is 18.3. The van der Waals surface area contributed by atoms with Crippen LogP contribution in [0.25, 0.3) is 82.8 Å². The van der Waals surface area contributed by atoms with Gasteiger partial charge in [-0.2, -0.15) is 0 Å². The molecule has 10 aromatic rings. The molecule has 0 N–H and O–H groups in total. The summed E-state index contributed by atoms with van der Waals surface area (Å²) in [6.45, 7) is 0. The van der Waals surface area contributed by atoms with Gasteiger partial charge < -0.3 is 9.47 Å². The molecule has 0 spiro atoms. The van der Waals surface area contributed by atoms with Crippen molar-refractivity contribution in [3.8, 4) is 50.3 Å². The Morgan fingerprint density at radius 1 is 0.370 bits per heavy atom. The zero-order valence-corrected chi connectivity index (χ0v) is 29.3. The van der Waals surface area contributed by atoms with Crippen LogP contribution in [-0.2, 0) is 0 Å². The molecule has 0 amide bonds. The largest absolute Gasteiger partial charge is 0.309 e. The normalized spacial score (nSPS) is 12.0. The minimum atomic E-state index is 1.09. The fraction of sp³-hybridized carbons (Fsp3) is 0. The summed E-state index contributed by atoms with van der Waals surface area (Å²) in [4.78, 5) is 11.7. The second-order valence-electron chi connectivity index (χ2n) is 13.9. The van der Waals surface area contributed by atoms with E-state index in [-0.39, 0.29) is 0 Å². The summed E-state index contributed by atoms with van der Waals surface area (Å²) >= 11 is 0. The molecule has 54 heavy (non-hydrogen) atoms. The molecule has 0 fully saturated rings. The highest BCUT2D eigenvalue weighted by Crippen LogP contribution is 2.54. The number of rotatable bonds is 4. The van der Waals surface area contributed by atoms with Crippen LogP contribution in [0, 0.1) is 0 Å². The lowest BCUT2D eigenvalue weighted by molar-refractivity contribution is 1.13. The van der Waals surface area contributed by atoms with E-state index < -0.39 is 0 Å². The van der Waals surface area contributed by atoms with Gasteiger partial charge in [0.2, 0.25) is 0 Å². The number of pyridine rings is 2. The second kappa shape index (κ2) is 12.1. The number of anilines is 3. The molecule has 4 heterocycles. The topological polar surface area (TPSA) is 34.0 Å². The van der Waals surface area contributed by atoms with Gasteiger partial charge >= 0.3 is 0 Å².